The number of hydrogen-bond acceptors (Lipinski definition) is 4. The lowest BCUT2D eigenvalue weighted by Gasteiger charge is -2.19. The van der Waals surface area contributed by atoms with Crippen LogP contribution in [0.25, 0.3) is 0 Å². The molecule has 0 saturated carbocycles. The number of alkyl halides is 1. The minimum atomic E-state index is -0.812. The first kappa shape index (κ1) is 14.8. The van der Waals surface area contributed by atoms with Crippen molar-refractivity contribution in [2.45, 2.75) is 37.6 Å². The number of ketones is 1. The second-order valence-electron chi connectivity index (χ2n) is 4.90. The predicted molar refractivity (Wildman–Crippen MR) is 71.5 cm³/mol. The van der Waals surface area contributed by atoms with Crippen LogP contribution in [0.5, 0.6) is 0 Å². The summed E-state index contributed by atoms with van der Waals surface area (Å²) in [6, 6.07) is 3.64. The number of esters is 1. The maximum Gasteiger partial charge on any atom is 0.376 e. The van der Waals surface area contributed by atoms with Gasteiger partial charge in [-0.3, -0.25) is 9.78 Å². The Morgan fingerprint density at radius 1 is 1.44 bits per heavy atom. The summed E-state index contributed by atoms with van der Waals surface area (Å²) in [5, 5.41) is 0. The minimum absolute atomic E-state index is 0.409. The van der Waals surface area contributed by atoms with Gasteiger partial charge in [0.1, 0.15) is 5.60 Å². The van der Waals surface area contributed by atoms with Crippen molar-refractivity contribution in [2.24, 2.45) is 0 Å². The average Bonchev–Trinajstić information content (AvgIpc) is 2.27. The molecule has 0 N–H and O–H groups in total. The average molecular weight is 314 g/mol. The molecular formula is C13H16BrNO3. The Hall–Kier alpha value is -1.23. The maximum absolute atomic E-state index is 11.8. The number of halogens is 1. The van der Waals surface area contributed by atoms with E-state index >= 15 is 0 Å². The molecule has 1 unspecified atom stereocenters. The van der Waals surface area contributed by atoms with Gasteiger partial charge in [-0.1, -0.05) is 22.0 Å². The van der Waals surface area contributed by atoms with E-state index in [1.54, 1.807) is 39.2 Å². The largest absolute Gasteiger partial charge is 0.454 e. The van der Waals surface area contributed by atoms with E-state index in [0.29, 0.717) is 6.42 Å². The molecule has 4 nitrogen and oxygen atoms in total. The molecule has 0 aromatic carbocycles. The molecule has 1 heterocycles. The zero-order valence-electron chi connectivity index (χ0n) is 10.6. The van der Waals surface area contributed by atoms with Crippen LogP contribution in [0.4, 0.5) is 0 Å². The summed E-state index contributed by atoms with van der Waals surface area (Å²) < 4.78 is 5.02. The van der Waals surface area contributed by atoms with E-state index in [9.17, 15) is 9.59 Å². The first-order valence-electron chi connectivity index (χ1n) is 5.60. The molecule has 1 aromatic rings. The highest BCUT2D eigenvalue weighted by atomic mass is 79.9. The van der Waals surface area contributed by atoms with Crippen LogP contribution in [0.2, 0.25) is 0 Å². The molecule has 0 bridgehead atoms. The number of hydrogen-bond donors (Lipinski definition) is 0. The molecule has 5 heteroatoms. The summed E-state index contributed by atoms with van der Waals surface area (Å²) in [6.07, 6.45) is 3.73. The van der Waals surface area contributed by atoms with E-state index in [4.69, 9.17) is 4.74 Å². The number of Topliss-reactive ketones (excluding diaryl/α,β-unsaturated/α-hetero) is 1. The topological polar surface area (TPSA) is 56.3 Å². The van der Waals surface area contributed by atoms with Crippen LogP contribution in [0.15, 0.2) is 24.5 Å². The molecule has 0 fully saturated rings. The van der Waals surface area contributed by atoms with Crippen molar-refractivity contribution in [2.75, 3.05) is 0 Å². The number of nitrogens with zero attached hydrogens (tertiary/aromatic N) is 1. The van der Waals surface area contributed by atoms with Crippen molar-refractivity contribution in [3.8, 4) is 0 Å². The van der Waals surface area contributed by atoms with E-state index in [1.165, 1.54) is 0 Å². The normalized spacial score (nSPS) is 12.9. The lowest BCUT2D eigenvalue weighted by molar-refractivity contribution is -0.162. The summed E-state index contributed by atoms with van der Waals surface area (Å²) in [7, 11) is 0. The number of carbonyl (C=O) groups excluding carboxylic acids is 2. The Balaban J connectivity index is 2.59. The maximum atomic E-state index is 11.8. The fourth-order valence-electron chi connectivity index (χ4n) is 1.27. The molecule has 0 spiro atoms. The summed E-state index contributed by atoms with van der Waals surface area (Å²) >= 11 is 3.21. The van der Waals surface area contributed by atoms with Gasteiger partial charge in [0.2, 0.25) is 0 Å². The number of aromatic nitrogens is 1. The predicted octanol–water partition coefficient (Wildman–Crippen LogP) is 2.30. The lowest BCUT2D eigenvalue weighted by atomic mass is 10.1. The van der Waals surface area contributed by atoms with Gasteiger partial charge in [-0.25, -0.2) is 4.79 Å². The van der Waals surface area contributed by atoms with Gasteiger partial charge in [-0.05, 0) is 38.8 Å². The van der Waals surface area contributed by atoms with Crippen molar-refractivity contribution in [3.05, 3.63) is 30.1 Å². The van der Waals surface area contributed by atoms with E-state index in [1.807, 2.05) is 6.07 Å². The highest BCUT2D eigenvalue weighted by Crippen LogP contribution is 2.14. The lowest BCUT2D eigenvalue weighted by Crippen LogP contribution is -2.33. The Bertz CT molecular complexity index is 426. The van der Waals surface area contributed by atoms with Crippen molar-refractivity contribution < 1.29 is 14.3 Å². The fraction of sp³-hybridized carbons (Fsp3) is 0.462. The molecular weight excluding hydrogens is 298 g/mol. The smallest absolute Gasteiger partial charge is 0.376 e. The summed E-state index contributed by atoms with van der Waals surface area (Å²) in [4.78, 5) is 26.7. The second-order valence-corrected chi connectivity index (χ2v) is 6.00. The van der Waals surface area contributed by atoms with Gasteiger partial charge < -0.3 is 4.74 Å². The third-order valence-corrected chi connectivity index (χ3v) is 2.76. The molecule has 0 aliphatic carbocycles. The van der Waals surface area contributed by atoms with Gasteiger partial charge >= 0.3 is 5.97 Å². The van der Waals surface area contributed by atoms with Crippen LogP contribution in [0.3, 0.4) is 0 Å². The van der Waals surface area contributed by atoms with Crippen molar-refractivity contribution in [1.29, 1.82) is 0 Å². The van der Waals surface area contributed by atoms with E-state index in [2.05, 4.69) is 20.9 Å². The van der Waals surface area contributed by atoms with Crippen LogP contribution in [0.1, 0.15) is 26.3 Å². The quantitative estimate of drug-likeness (QED) is 0.486. The summed E-state index contributed by atoms with van der Waals surface area (Å²) in [6.45, 7) is 5.17. The van der Waals surface area contributed by atoms with Gasteiger partial charge in [-0.2, -0.15) is 0 Å². The Labute approximate surface area is 115 Å². The van der Waals surface area contributed by atoms with Crippen LogP contribution in [0, 0.1) is 0 Å². The third-order valence-electron chi connectivity index (χ3n) is 2.02. The minimum Gasteiger partial charge on any atom is -0.454 e. The Kier molecular flexibility index (Phi) is 5.02. The van der Waals surface area contributed by atoms with Crippen molar-refractivity contribution >= 4 is 27.7 Å². The first-order valence-corrected chi connectivity index (χ1v) is 6.51. The SMILES string of the molecule is CC(C)(C)OC(=O)C(=O)C(Br)Cc1cccnc1. The number of carbonyl (C=O) groups is 2. The monoisotopic (exact) mass is 313 g/mol. The van der Waals surface area contributed by atoms with Gasteiger partial charge in [0, 0.05) is 12.4 Å². The Morgan fingerprint density at radius 2 is 2.11 bits per heavy atom. The molecule has 0 aliphatic heterocycles. The van der Waals surface area contributed by atoms with Crippen LogP contribution < -0.4 is 0 Å². The van der Waals surface area contributed by atoms with Gasteiger partial charge in [0.15, 0.2) is 0 Å². The molecule has 1 aromatic heterocycles. The summed E-state index contributed by atoms with van der Waals surface area (Å²) in [5.74, 6) is -1.39. The highest BCUT2D eigenvalue weighted by Gasteiger charge is 2.28. The first-order chi connectivity index (χ1) is 8.29. The van der Waals surface area contributed by atoms with Crippen LogP contribution in [-0.2, 0) is 20.7 Å². The summed E-state index contributed by atoms with van der Waals surface area (Å²) in [5.41, 5.74) is 0.226. The number of pyridine rings is 1. The molecule has 1 atom stereocenters. The fourth-order valence-corrected chi connectivity index (χ4v) is 1.84. The van der Waals surface area contributed by atoms with Crippen LogP contribution in [-0.4, -0.2) is 27.2 Å². The molecule has 0 saturated heterocycles. The Morgan fingerprint density at radius 3 is 2.61 bits per heavy atom. The number of ether oxygens (including phenoxy) is 1. The number of rotatable bonds is 4. The molecule has 18 heavy (non-hydrogen) atoms. The molecule has 1 rings (SSSR count). The third kappa shape index (κ3) is 4.96. The van der Waals surface area contributed by atoms with Gasteiger partial charge in [0.25, 0.3) is 5.78 Å². The standard InChI is InChI=1S/C13H16BrNO3/c1-13(2,3)18-12(17)11(16)10(14)7-9-5-4-6-15-8-9/h4-6,8,10H,7H2,1-3H3. The van der Waals surface area contributed by atoms with E-state index in [-0.39, 0.29) is 0 Å². The second kappa shape index (κ2) is 6.09. The zero-order valence-corrected chi connectivity index (χ0v) is 12.2. The van der Waals surface area contributed by atoms with Crippen molar-refractivity contribution in [3.63, 3.8) is 0 Å². The molecule has 0 radical (unpaired) electrons. The van der Waals surface area contributed by atoms with Crippen LogP contribution >= 0.6 is 15.9 Å². The molecule has 98 valence electrons. The molecule has 0 aliphatic rings. The highest BCUT2D eigenvalue weighted by molar-refractivity contribution is 9.10. The zero-order chi connectivity index (χ0) is 13.8. The van der Waals surface area contributed by atoms with Crippen molar-refractivity contribution in [1.82, 2.24) is 4.98 Å². The molecule has 0 amide bonds. The van der Waals surface area contributed by atoms with Gasteiger partial charge in [-0.15, -0.1) is 0 Å². The van der Waals surface area contributed by atoms with E-state index in [0.717, 1.165) is 5.56 Å². The van der Waals surface area contributed by atoms with E-state index < -0.39 is 22.2 Å². The van der Waals surface area contributed by atoms with Gasteiger partial charge in [0.05, 0.1) is 4.83 Å².